The maximum atomic E-state index is 12.9. The Kier molecular flexibility index (Phi) is 5.09. The number of halogens is 1. The van der Waals surface area contributed by atoms with Gasteiger partial charge in [-0.15, -0.1) is 0 Å². The number of carbonyl (C=O) groups excluding carboxylic acids is 1. The second-order valence-corrected chi connectivity index (χ2v) is 5.46. The van der Waals surface area contributed by atoms with Crippen LogP contribution < -0.4 is 5.73 Å². The van der Waals surface area contributed by atoms with E-state index in [1.165, 1.54) is 19.2 Å². The molecular formula is C15H21FN2O2. The fourth-order valence-corrected chi connectivity index (χ4v) is 2.83. The lowest BCUT2D eigenvalue weighted by molar-refractivity contribution is -0.142. The van der Waals surface area contributed by atoms with Crippen molar-refractivity contribution < 1.29 is 13.9 Å². The monoisotopic (exact) mass is 280 g/mol. The van der Waals surface area contributed by atoms with E-state index in [1.54, 1.807) is 12.1 Å². The number of piperidine rings is 1. The summed E-state index contributed by atoms with van der Waals surface area (Å²) in [5, 5.41) is 0. The van der Waals surface area contributed by atoms with Crippen molar-refractivity contribution in [3.05, 3.63) is 35.6 Å². The highest BCUT2D eigenvalue weighted by Crippen LogP contribution is 2.20. The molecule has 2 rings (SSSR count). The number of hydrogen-bond donors (Lipinski definition) is 1. The first-order valence-corrected chi connectivity index (χ1v) is 6.86. The molecule has 2 unspecified atom stereocenters. The van der Waals surface area contributed by atoms with Crippen LogP contribution in [0.25, 0.3) is 0 Å². The van der Waals surface area contributed by atoms with Crippen molar-refractivity contribution >= 4 is 5.97 Å². The van der Waals surface area contributed by atoms with E-state index in [0.717, 1.165) is 31.5 Å². The molecule has 0 radical (unpaired) electrons. The molecular weight excluding hydrogens is 259 g/mol. The van der Waals surface area contributed by atoms with Gasteiger partial charge in [-0.1, -0.05) is 12.1 Å². The third kappa shape index (κ3) is 4.28. The number of likely N-dealkylation sites (tertiary alicyclic amines) is 1. The summed E-state index contributed by atoms with van der Waals surface area (Å²) in [7, 11) is 1.39. The maximum absolute atomic E-state index is 12.9. The van der Waals surface area contributed by atoms with Gasteiger partial charge < -0.3 is 10.5 Å². The van der Waals surface area contributed by atoms with Crippen molar-refractivity contribution in [3.8, 4) is 0 Å². The highest BCUT2D eigenvalue weighted by molar-refractivity contribution is 5.71. The zero-order chi connectivity index (χ0) is 14.5. The topological polar surface area (TPSA) is 55.6 Å². The van der Waals surface area contributed by atoms with Gasteiger partial charge in [0.2, 0.25) is 0 Å². The summed E-state index contributed by atoms with van der Waals surface area (Å²) >= 11 is 0. The third-order valence-electron chi connectivity index (χ3n) is 3.66. The van der Waals surface area contributed by atoms with Crippen molar-refractivity contribution in [1.82, 2.24) is 4.90 Å². The van der Waals surface area contributed by atoms with Gasteiger partial charge in [0.05, 0.1) is 13.7 Å². The van der Waals surface area contributed by atoms with Gasteiger partial charge in [0.1, 0.15) is 5.82 Å². The molecule has 5 heteroatoms. The van der Waals surface area contributed by atoms with Crippen LogP contribution in [0.3, 0.4) is 0 Å². The summed E-state index contributed by atoms with van der Waals surface area (Å²) in [4.78, 5) is 13.4. The largest absolute Gasteiger partial charge is 0.468 e. The first-order chi connectivity index (χ1) is 9.56. The first-order valence-electron chi connectivity index (χ1n) is 6.86. The lowest BCUT2D eigenvalue weighted by atomic mass is 9.89. The Bertz CT molecular complexity index is 450. The molecule has 1 saturated heterocycles. The van der Waals surface area contributed by atoms with Gasteiger partial charge in [0, 0.05) is 19.1 Å². The summed E-state index contributed by atoms with van der Waals surface area (Å²) in [5.74, 6) is -0.0742. The Balaban J connectivity index is 1.93. The van der Waals surface area contributed by atoms with Crippen LogP contribution in [0.1, 0.15) is 12.0 Å². The fraction of sp³-hybridized carbons (Fsp3) is 0.533. The number of methoxy groups -OCH3 is 1. The van der Waals surface area contributed by atoms with Gasteiger partial charge >= 0.3 is 5.97 Å². The number of esters is 1. The lowest BCUT2D eigenvalue weighted by Crippen LogP contribution is -2.49. The molecule has 0 aromatic heterocycles. The Labute approximate surface area is 118 Å². The Morgan fingerprint density at radius 3 is 2.75 bits per heavy atom. The van der Waals surface area contributed by atoms with E-state index in [1.807, 2.05) is 4.90 Å². The highest BCUT2D eigenvalue weighted by atomic mass is 19.1. The maximum Gasteiger partial charge on any atom is 0.319 e. The molecule has 1 aromatic carbocycles. The molecule has 2 atom stereocenters. The van der Waals surface area contributed by atoms with Crippen molar-refractivity contribution in [3.63, 3.8) is 0 Å². The number of benzene rings is 1. The van der Waals surface area contributed by atoms with E-state index in [-0.39, 0.29) is 24.4 Å². The number of rotatable bonds is 4. The second kappa shape index (κ2) is 6.81. The van der Waals surface area contributed by atoms with E-state index in [9.17, 15) is 9.18 Å². The number of hydrogen-bond acceptors (Lipinski definition) is 4. The molecule has 20 heavy (non-hydrogen) atoms. The van der Waals surface area contributed by atoms with Gasteiger partial charge in [0.15, 0.2) is 0 Å². The van der Waals surface area contributed by atoms with Crippen LogP contribution in [-0.2, 0) is 16.0 Å². The summed E-state index contributed by atoms with van der Waals surface area (Å²) in [6.45, 7) is 1.82. The summed E-state index contributed by atoms with van der Waals surface area (Å²) in [5.41, 5.74) is 7.16. The van der Waals surface area contributed by atoms with Crippen LogP contribution in [0, 0.1) is 11.7 Å². The van der Waals surface area contributed by atoms with Gasteiger partial charge in [0.25, 0.3) is 0 Å². The van der Waals surface area contributed by atoms with E-state index in [0.29, 0.717) is 5.92 Å². The van der Waals surface area contributed by atoms with Crippen molar-refractivity contribution in [2.45, 2.75) is 18.9 Å². The number of carbonyl (C=O) groups is 1. The normalized spacial score (nSPS) is 23.6. The molecule has 1 aromatic rings. The van der Waals surface area contributed by atoms with Crippen LogP contribution in [0.4, 0.5) is 4.39 Å². The molecule has 1 heterocycles. The summed E-state index contributed by atoms with van der Waals surface area (Å²) in [6.07, 6.45) is 1.78. The zero-order valence-electron chi connectivity index (χ0n) is 11.7. The van der Waals surface area contributed by atoms with Crippen molar-refractivity contribution in [2.24, 2.45) is 11.7 Å². The highest BCUT2D eigenvalue weighted by Gasteiger charge is 2.26. The van der Waals surface area contributed by atoms with Gasteiger partial charge in [-0.25, -0.2) is 4.39 Å². The smallest absolute Gasteiger partial charge is 0.319 e. The fourth-order valence-electron chi connectivity index (χ4n) is 2.83. The number of nitrogens with two attached hydrogens (primary N) is 1. The lowest BCUT2D eigenvalue weighted by Gasteiger charge is -2.35. The minimum atomic E-state index is -0.236. The molecule has 2 N–H and O–H groups in total. The zero-order valence-corrected chi connectivity index (χ0v) is 11.7. The molecule has 1 fully saturated rings. The molecule has 0 saturated carbocycles. The minimum absolute atomic E-state index is 0.0684. The second-order valence-electron chi connectivity index (χ2n) is 5.46. The Morgan fingerprint density at radius 1 is 1.40 bits per heavy atom. The van der Waals surface area contributed by atoms with Gasteiger partial charge in [-0.05, 0) is 36.5 Å². The SMILES string of the molecule is COC(=O)CN1CC(N)CC(Cc2ccc(F)cc2)C1. The Morgan fingerprint density at radius 2 is 2.10 bits per heavy atom. The van der Waals surface area contributed by atoms with Gasteiger partial charge in [-0.3, -0.25) is 9.69 Å². The molecule has 0 spiro atoms. The van der Waals surface area contributed by atoms with Crippen LogP contribution >= 0.6 is 0 Å². The quantitative estimate of drug-likeness (QED) is 0.842. The van der Waals surface area contributed by atoms with Crippen LogP contribution in [-0.4, -0.2) is 43.7 Å². The van der Waals surface area contributed by atoms with Crippen LogP contribution in [0.2, 0.25) is 0 Å². The molecule has 110 valence electrons. The average molecular weight is 280 g/mol. The summed E-state index contributed by atoms with van der Waals surface area (Å²) in [6, 6.07) is 6.63. The predicted octanol–water partition coefficient (Wildman–Crippen LogP) is 1.19. The minimum Gasteiger partial charge on any atom is -0.468 e. The van der Waals surface area contributed by atoms with Crippen molar-refractivity contribution in [2.75, 3.05) is 26.7 Å². The van der Waals surface area contributed by atoms with Gasteiger partial charge in [-0.2, -0.15) is 0 Å². The molecule has 1 aliphatic heterocycles. The predicted molar refractivity (Wildman–Crippen MR) is 74.6 cm³/mol. The van der Waals surface area contributed by atoms with E-state index >= 15 is 0 Å². The van der Waals surface area contributed by atoms with Crippen LogP contribution in [0.15, 0.2) is 24.3 Å². The standard InChI is InChI=1S/C15H21FN2O2/c1-20-15(19)10-18-8-12(7-14(17)9-18)6-11-2-4-13(16)5-3-11/h2-5,12,14H,6-10,17H2,1H3. The molecule has 4 nitrogen and oxygen atoms in total. The van der Waals surface area contributed by atoms with E-state index in [4.69, 9.17) is 10.5 Å². The van der Waals surface area contributed by atoms with Crippen molar-refractivity contribution in [1.29, 1.82) is 0 Å². The van der Waals surface area contributed by atoms with E-state index < -0.39 is 0 Å². The number of ether oxygens (including phenoxy) is 1. The molecule has 1 aliphatic rings. The number of nitrogens with zero attached hydrogens (tertiary/aromatic N) is 1. The third-order valence-corrected chi connectivity index (χ3v) is 3.66. The molecule has 0 bridgehead atoms. The first kappa shape index (κ1) is 14.9. The molecule has 0 aliphatic carbocycles. The van der Waals surface area contributed by atoms with Crippen LogP contribution in [0.5, 0.6) is 0 Å². The van der Waals surface area contributed by atoms with E-state index in [2.05, 4.69) is 0 Å². The average Bonchev–Trinajstić information content (AvgIpc) is 2.40. The summed E-state index contributed by atoms with van der Waals surface area (Å²) < 4.78 is 17.6. The molecule has 0 amide bonds. The Hall–Kier alpha value is -1.46.